The molecule has 9 aromatic carbocycles. The Balaban J connectivity index is 1.10. The maximum atomic E-state index is 6.72. The molecule has 268 valence electrons. The molecule has 0 amide bonds. The van der Waals surface area contributed by atoms with Crippen molar-refractivity contribution in [2.45, 2.75) is 0 Å². The molecule has 0 spiro atoms. The molecule has 2 nitrogen and oxygen atoms in total. The molecule has 0 atom stereocenters. The van der Waals surface area contributed by atoms with Gasteiger partial charge in [0.05, 0.1) is 5.69 Å². The fourth-order valence-electron chi connectivity index (χ4n) is 8.23. The van der Waals surface area contributed by atoms with Gasteiger partial charge >= 0.3 is 0 Å². The summed E-state index contributed by atoms with van der Waals surface area (Å²) in [6, 6.07) is 76.4. The number of hydrogen-bond acceptors (Lipinski definition) is 3. The standard InChI is InChI=1S/C54H35NOS/c1-3-12-36(13-4-1)38-22-24-39(25-23-38)40-26-29-44(30-27-40)55(50-19-11-18-48-46-16-7-9-20-51(46)56-54(48)50)45-33-42(37-14-5-2-6-15-37)32-43(34-45)41-28-31-53-49(35-41)47-17-8-10-21-52(47)57-53/h1-35H. The van der Waals surface area contributed by atoms with Crippen molar-refractivity contribution in [3.63, 3.8) is 0 Å². The SMILES string of the molecule is c1ccc(-c2ccc(-c3ccc(N(c4cc(-c5ccccc5)cc(-c5ccc6sc7ccccc7c6c5)c4)c4cccc5c4oc4ccccc45)cc3)cc2)cc1. The molecule has 0 radical (unpaired) electrons. The molecule has 0 saturated carbocycles. The van der Waals surface area contributed by atoms with Crippen LogP contribution in [0.15, 0.2) is 217 Å². The second-order valence-corrected chi connectivity index (χ2v) is 15.6. The summed E-state index contributed by atoms with van der Waals surface area (Å²) in [5.74, 6) is 0. The van der Waals surface area contributed by atoms with Gasteiger partial charge in [-0.3, -0.25) is 0 Å². The van der Waals surface area contributed by atoms with Crippen molar-refractivity contribution in [1.29, 1.82) is 0 Å². The first-order valence-electron chi connectivity index (χ1n) is 19.3. The molecule has 2 aromatic heterocycles. The molecular weight excluding hydrogens is 711 g/mol. The summed E-state index contributed by atoms with van der Waals surface area (Å²) in [5, 5.41) is 4.79. The van der Waals surface area contributed by atoms with Gasteiger partial charge < -0.3 is 9.32 Å². The van der Waals surface area contributed by atoms with Gasteiger partial charge in [0.2, 0.25) is 0 Å². The first-order valence-corrected chi connectivity index (χ1v) is 20.1. The third-order valence-electron chi connectivity index (χ3n) is 11.1. The van der Waals surface area contributed by atoms with E-state index in [0.717, 1.165) is 55.7 Å². The number of para-hydroxylation sites is 2. The Hall–Kier alpha value is -7.20. The summed E-state index contributed by atoms with van der Waals surface area (Å²) in [6.45, 7) is 0. The summed E-state index contributed by atoms with van der Waals surface area (Å²) in [4.78, 5) is 2.36. The van der Waals surface area contributed by atoms with E-state index in [0.29, 0.717) is 0 Å². The van der Waals surface area contributed by atoms with Crippen LogP contribution in [0.2, 0.25) is 0 Å². The average Bonchev–Trinajstić information content (AvgIpc) is 3.86. The lowest BCUT2D eigenvalue weighted by atomic mass is 9.96. The Bertz CT molecular complexity index is 3210. The van der Waals surface area contributed by atoms with Gasteiger partial charge in [-0.05, 0) is 105 Å². The third kappa shape index (κ3) is 5.97. The number of fused-ring (bicyclic) bond motifs is 6. The van der Waals surface area contributed by atoms with Crippen LogP contribution in [0.4, 0.5) is 17.1 Å². The summed E-state index contributed by atoms with van der Waals surface area (Å²) in [6.07, 6.45) is 0. The van der Waals surface area contributed by atoms with Crippen LogP contribution in [0.25, 0.3) is 86.6 Å². The Kier molecular flexibility index (Phi) is 8.04. The highest BCUT2D eigenvalue weighted by Crippen LogP contribution is 2.45. The van der Waals surface area contributed by atoms with Gasteiger partial charge in [-0.2, -0.15) is 0 Å². The second kappa shape index (κ2) is 13.8. The minimum absolute atomic E-state index is 0.858. The lowest BCUT2D eigenvalue weighted by molar-refractivity contribution is 0.669. The highest BCUT2D eigenvalue weighted by Gasteiger charge is 2.21. The summed E-state index contributed by atoms with van der Waals surface area (Å²) in [5.41, 5.74) is 14.2. The summed E-state index contributed by atoms with van der Waals surface area (Å²) < 4.78 is 9.33. The molecule has 11 aromatic rings. The highest BCUT2D eigenvalue weighted by molar-refractivity contribution is 7.25. The van der Waals surface area contributed by atoms with Crippen LogP contribution < -0.4 is 4.90 Å². The van der Waals surface area contributed by atoms with Crippen molar-refractivity contribution >= 4 is 70.5 Å². The maximum Gasteiger partial charge on any atom is 0.159 e. The van der Waals surface area contributed by atoms with Gasteiger partial charge in [0.1, 0.15) is 5.58 Å². The Morgan fingerprint density at radius 1 is 0.316 bits per heavy atom. The number of furan rings is 1. The smallest absolute Gasteiger partial charge is 0.159 e. The molecule has 0 fully saturated rings. The first-order chi connectivity index (χ1) is 28.2. The Morgan fingerprint density at radius 2 is 0.842 bits per heavy atom. The highest BCUT2D eigenvalue weighted by atomic mass is 32.1. The number of nitrogens with zero attached hydrogens (tertiary/aromatic N) is 1. The van der Waals surface area contributed by atoms with Crippen molar-refractivity contribution in [2.24, 2.45) is 0 Å². The summed E-state index contributed by atoms with van der Waals surface area (Å²) >= 11 is 1.85. The average molecular weight is 746 g/mol. The van der Waals surface area contributed by atoms with Crippen LogP contribution in [0.3, 0.4) is 0 Å². The maximum absolute atomic E-state index is 6.72. The van der Waals surface area contributed by atoms with E-state index in [1.807, 2.05) is 17.4 Å². The molecule has 0 saturated heterocycles. The second-order valence-electron chi connectivity index (χ2n) is 14.5. The monoisotopic (exact) mass is 745 g/mol. The van der Waals surface area contributed by atoms with E-state index >= 15 is 0 Å². The van der Waals surface area contributed by atoms with Crippen molar-refractivity contribution < 1.29 is 4.42 Å². The molecule has 0 aliphatic carbocycles. The topological polar surface area (TPSA) is 16.4 Å². The first kappa shape index (κ1) is 33.2. The van der Waals surface area contributed by atoms with E-state index in [2.05, 4.69) is 211 Å². The van der Waals surface area contributed by atoms with Crippen LogP contribution in [0.1, 0.15) is 0 Å². The quantitative estimate of drug-likeness (QED) is 0.162. The van der Waals surface area contributed by atoms with Crippen molar-refractivity contribution in [3.8, 4) is 44.5 Å². The number of rotatable bonds is 7. The molecule has 0 aliphatic heterocycles. The van der Waals surface area contributed by atoms with Gasteiger partial charge in [0.15, 0.2) is 5.58 Å². The van der Waals surface area contributed by atoms with E-state index in [9.17, 15) is 0 Å². The minimum Gasteiger partial charge on any atom is -0.454 e. The Labute approximate surface area is 335 Å². The van der Waals surface area contributed by atoms with Gasteiger partial charge in [-0.1, -0.05) is 152 Å². The predicted molar refractivity (Wildman–Crippen MR) is 243 cm³/mol. The number of anilines is 3. The van der Waals surface area contributed by atoms with Crippen molar-refractivity contribution in [2.75, 3.05) is 4.90 Å². The molecular formula is C54H35NOS. The fourth-order valence-corrected chi connectivity index (χ4v) is 9.32. The van der Waals surface area contributed by atoms with Crippen LogP contribution in [-0.4, -0.2) is 0 Å². The molecule has 11 rings (SSSR count). The molecule has 0 N–H and O–H groups in total. The van der Waals surface area contributed by atoms with E-state index in [1.165, 1.54) is 48.0 Å². The largest absolute Gasteiger partial charge is 0.454 e. The van der Waals surface area contributed by atoms with Gasteiger partial charge in [-0.25, -0.2) is 0 Å². The molecule has 0 unspecified atom stereocenters. The fraction of sp³-hybridized carbons (Fsp3) is 0. The summed E-state index contributed by atoms with van der Waals surface area (Å²) in [7, 11) is 0. The van der Waals surface area contributed by atoms with Gasteiger partial charge in [0.25, 0.3) is 0 Å². The zero-order chi connectivity index (χ0) is 37.7. The lowest BCUT2D eigenvalue weighted by Gasteiger charge is -2.27. The number of benzene rings is 9. The third-order valence-corrected chi connectivity index (χ3v) is 12.2. The molecule has 57 heavy (non-hydrogen) atoms. The Morgan fingerprint density at radius 3 is 1.56 bits per heavy atom. The minimum atomic E-state index is 0.858. The predicted octanol–water partition coefficient (Wildman–Crippen LogP) is 16.1. The molecule has 0 aliphatic rings. The molecule has 3 heteroatoms. The van der Waals surface area contributed by atoms with Crippen LogP contribution in [0, 0.1) is 0 Å². The van der Waals surface area contributed by atoms with E-state index in [1.54, 1.807) is 0 Å². The zero-order valence-electron chi connectivity index (χ0n) is 31.0. The van der Waals surface area contributed by atoms with Crippen LogP contribution in [-0.2, 0) is 0 Å². The van der Waals surface area contributed by atoms with Crippen LogP contribution in [0.5, 0.6) is 0 Å². The van der Waals surface area contributed by atoms with E-state index < -0.39 is 0 Å². The van der Waals surface area contributed by atoms with E-state index in [-0.39, 0.29) is 0 Å². The van der Waals surface area contributed by atoms with E-state index in [4.69, 9.17) is 4.42 Å². The number of thiophene rings is 1. The lowest BCUT2D eigenvalue weighted by Crippen LogP contribution is -2.10. The molecule has 2 heterocycles. The molecule has 0 bridgehead atoms. The number of hydrogen-bond donors (Lipinski definition) is 0. The van der Waals surface area contributed by atoms with Crippen LogP contribution >= 0.6 is 11.3 Å². The van der Waals surface area contributed by atoms with Gasteiger partial charge in [0, 0.05) is 42.3 Å². The van der Waals surface area contributed by atoms with Crippen molar-refractivity contribution in [3.05, 3.63) is 212 Å². The van der Waals surface area contributed by atoms with Gasteiger partial charge in [-0.15, -0.1) is 11.3 Å². The van der Waals surface area contributed by atoms with Crippen molar-refractivity contribution in [1.82, 2.24) is 0 Å². The normalized spacial score (nSPS) is 11.5. The zero-order valence-corrected chi connectivity index (χ0v) is 31.8.